The van der Waals surface area contributed by atoms with E-state index in [1.165, 1.54) is 23.9 Å². The lowest BCUT2D eigenvalue weighted by molar-refractivity contribution is -0.139. The van der Waals surface area contributed by atoms with Crippen molar-refractivity contribution in [3.8, 4) is 11.8 Å². The summed E-state index contributed by atoms with van der Waals surface area (Å²) in [5, 5.41) is 9.28. The fourth-order valence-corrected chi connectivity index (χ4v) is 4.39. The van der Waals surface area contributed by atoms with E-state index >= 15 is 0 Å². The van der Waals surface area contributed by atoms with E-state index in [0.29, 0.717) is 18.6 Å². The summed E-state index contributed by atoms with van der Waals surface area (Å²) >= 11 is 1.19. The molecule has 0 bridgehead atoms. The number of thioether (sulfide) groups is 1. The van der Waals surface area contributed by atoms with Crippen molar-refractivity contribution in [1.29, 1.82) is 5.26 Å². The minimum atomic E-state index is -4.38. The predicted octanol–water partition coefficient (Wildman–Crippen LogP) is 5.55. The number of halogens is 3. The summed E-state index contributed by atoms with van der Waals surface area (Å²) in [4.78, 5) is 0.206. The maximum absolute atomic E-state index is 13.1. The van der Waals surface area contributed by atoms with Gasteiger partial charge in [0.2, 0.25) is 0 Å². The SMILES string of the molecule is N#C[C@H]1C[C@H](Sc2ccccc2C(F)(F)F)C[C@@H]1Oc1ccccc1. The molecule has 0 aliphatic heterocycles. The van der Waals surface area contributed by atoms with E-state index in [4.69, 9.17) is 4.74 Å². The van der Waals surface area contributed by atoms with E-state index in [0.717, 1.165) is 6.07 Å². The van der Waals surface area contributed by atoms with Crippen LogP contribution < -0.4 is 4.74 Å². The predicted molar refractivity (Wildman–Crippen MR) is 90.3 cm³/mol. The quantitative estimate of drug-likeness (QED) is 0.714. The van der Waals surface area contributed by atoms with Crippen LogP contribution in [0.1, 0.15) is 18.4 Å². The van der Waals surface area contributed by atoms with Crippen molar-refractivity contribution in [2.75, 3.05) is 0 Å². The smallest absolute Gasteiger partial charge is 0.417 e. The van der Waals surface area contributed by atoms with Crippen molar-refractivity contribution in [3.05, 3.63) is 60.2 Å². The largest absolute Gasteiger partial charge is 0.489 e. The number of benzene rings is 2. The second-order valence-corrected chi connectivity index (χ2v) is 7.25. The van der Waals surface area contributed by atoms with Crippen LogP contribution in [0, 0.1) is 17.2 Å². The number of rotatable bonds is 4. The molecule has 1 saturated carbocycles. The van der Waals surface area contributed by atoms with Crippen LogP contribution in [-0.2, 0) is 6.18 Å². The molecule has 0 radical (unpaired) electrons. The molecule has 0 unspecified atom stereocenters. The van der Waals surface area contributed by atoms with Crippen LogP contribution in [0.3, 0.4) is 0 Å². The van der Waals surface area contributed by atoms with Gasteiger partial charge in [-0.3, -0.25) is 0 Å². The average molecular weight is 363 g/mol. The molecule has 3 rings (SSSR count). The summed E-state index contributed by atoms with van der Waals surface area (Å²) in [6.07, 6.45) is -3.62. The fourth-order valence-electron chi connectivity index (χ4n) is 2.97. The summed E-state index contributed by atoms with van der Waals surface area (Å²) < 4.78 is 45.3. The van der Waals surface area contributed by atoms with E-state index in [2.05, 4.69) is 6.07 Å². The van der Waals surface area contributed by atoms with E-state index in [9.17, 15) is 18.4 Å². The Labute approximate surface area is 148 Å². The summed E-state index contributed by atoms with van der Waals surface area (Å²) in [5.41, 5.74) is -0.624. The molecule has 0 saturated heterocycles. The minimum absolute atomic E-state index is 0.0816. The van der Waals surface area contributed by atoms with Crippen LogP contribution in [0.2, 0.25) is 0 Å². The molecule has 2 nitrogen and oxygen atoms in total. The van der Waals surface area contributed by atoms with Crippen LogP contribution in [-0.4, -0.2) is 11.4 Å². The van der Waals surface area contributed by atoms with Crippen LogP contribution in [0.4, 0.5) is 13.2 Å². The lowest BCUT2D eigenvalue weighted by Crippen LogP contribution is -2.20. The molecule has 1 aliphatic carbocycles. The maximum Gasteiger partial charge on any atom is 0.417 e. The highest BCUT2D eigenvalue weighted by molar-refractivity contribution is 8.00. The molecular formula is C19H16F3NOS. The molecule has 1 fully saturated rings. The Morgan fingerprint density at radius 1 is 1.00 bits per heavy atom. The first-order valence-electron chi connectivity index (χ1n) is 7.91. The van der Waals surface area contributed by atoms with Gasteiger partial charge >= 0.3 is 6.18 Å². The summed E-state index contributed by atoms with van der Waals surface area (Å²) in [6, 6.07) is 17.0. The molecule has 0 heterocycles. The van der Waals surface area contributed by atoms with Crippen molar-refractivity contribution in [3.63, 3.8) is 0 Å². The third-order valence-corrected chi connectivity index (χ3v) is 5.47. The minimum Gasteiger partial charge on any atom is -0.489 e. The van der Waals surface area contributed by atoms with E-state index in [1.54, 1.807) is 6.07 Å². The molecule has 130 valence electrons. The average Bonchev–Trinajstić information content (AvgIpc) is 2.97. The molecule has 1 aliphatic rings. The number of nitrogens with zero attached hydrogens (tertiary/aromatic N) is 1. The van der Waals surface area contributed by atoms with Gasteiger partial charge in [-0.25, -0.2) is 0 Å². The Morgan fingerprint density at radius 3 is 2.36 bits per heavy atom. The Morgan fingerprint density at radius 2 is 1.68 bits per heavy atom. The summed E-state index contributed by atoms with van der Waals surface area (Å²) in [7, 11) is 0. The lowest BCUT2D eigenvalue weighted by atomic mass is 10.1. The second kappa shape index (κ2) is 7.40. The molecule has 0 amide bonds. The maximum atomic E-state index is 13.1. The Balaban J connectivity index is 1.72. The van der Waals surface area contributed by atoms with E-state index < -0.39 is 11.7 Å². The van der Waals surface area contributed by atoms with Gasteiger partial charge in [0.15, 0.2) is 0 Å². The number of para-hydroxylation sites is 1. The number of hydrogen-bond donors (Lipinski definition) is 0. The zero-order chi connectivity index (χ0) is 17.9. The highest BCUT2D eigenvalue weighted by atomic mass is 32.2. The van der Waals surface area contributed by atoms with Gasteiger partial charge in [-0.2, -0.15) is 18.4 Å². The third-order valence-electron chi connectivity index (χ3n) is 4.14. The van der Waals surface area contributed by atoms with Gasteiger partial charge in [0, 0.05) is 10.1 Å². The van der Waals surface area contributed by atoms with Gasteiger partial charge in [0.05, 0.1) is 17.6 Å². The Kier molecular flexibility index (Phi) is 5.24. The third kappa shape index (κ3) is 4.29. The van der Waals surface area contributed by atoms with Gasteiger partial charge < -0.3 is 4.74 Å². The second-order valence-electron chi connectivity index (χ2n) is 5.91. The number of hydrogen-bond acceptors (Lipinski definition) is 3. The summed E-state index contributed by atoms with van der Waals surface area (Å²) in [5.74, 6) is 0.352. The normalized spacial score (nSPS) is 23.2. The van der Waals surface area contributed by atoms with Crippen molar-refractivity contribution in [1.82, 2.24) is 0 Å². The molecule has 3 atom stereocenters. The van der Waals surface area contributed by atoms with Crippen molar-refractivity contribution in [2.24, 2.45) is 5.92 Å². The Bertz CT molecular complexity index is 757. The van der Waals surface area contributed by atoms with Crippen LogP contribution in [0.15, 0.2) is 59.5 Å². The lowest BCUT2D eigenvalue weighted by Gasteiger charge is -2.17. The molecule has 0 aromatic heterocycles. The topological polar surface area (TPSA) is 33.0 Å². The van der Waals surface area contributed by atoms with Gasteiger partial charge in [0.1, 0.15) is 11.9 Å². The number of alkyl halides is 3. The van der Waals surface area contributed by atoms with Crippen molar-refractivity contribution in [2.45, 2.75) is 35.3 Å². The first kappa shape index (κ1) is 17.7. The van der Waals surface area contributed by atoms with Crippen molar-refractivity contribution >= 4 is 11.8 Å². The highest BCUT2D eigenvalue weighted by Crippen LogP contribution is 2.43. The zero-order valence-corrected chi connectivity index (χ0v) is 14.1. The molecule has 2 aromatic carbocycles. The molecule has 2 aromatic rings. The first-order chi connectivity index (χ1) is 12.0. The van der Waals surface area contributed by atoms with Gasteiger partial charge in [-0.1, -0.05) is 30.3 Å². The Hall–Kier alpha value is -2.13. The molecular weight excluding hydrogens is 347 g/mol. The van der Waals surface area contributed by atoms with Gasteiger partial charge in [-0.05, 0) is 37.1 Å². The molecule has 0 N–H and O–H groups in total. The van der Waals surface area contributed by atoms with Gasteiger partial charge in [0.25, 0.3) is 0 Å². The monoisotopic (exact) mass is 363 g/mol. The highest BCUT2D eigenvalue weighted by Gasteiger charge is 2.39. The fraction of sp³-hybridized carbons (Fsp3) is 0.316. The van der Waals surface area contributed by atoms with Crippen LogP contribution in [0.25, 0.3) is 0 Å². The summed E-state index contributed by atoms with van der Waals surface area (Å²) in [6.45, 7) is 0. The molecule has 0 spiro atoms. The van der Waals surface area contributed by atoms with Gasteiger partial charge in [-0.15, -0.1) is 11.8 Å². The zero-order valence-electron chi connectivity index (χ0n) is 13.2. The van der Waals surface area contributed by atoms with Crippen LogP contribution in [0.5, 0.6) is 5.75 Å². The van der Waals surface area contributed by atoms with E-state index in [1.807, 2.05) is 30.3 Å². The standard InChI is InChI=1S/C19H16F3NOS/c20-19(21,22)16-8-4-5-9-18(16)25-15-10-13(12-23)17(11-15)24-14-6-2-1-3-7-14/h1-9,13,15,17H,10-11H2/t13-,15+,17+/m1/s1. The number of nitriles is 1. The first-order valence-corrected chi connectivity index (χ1v) is 8.79. The number of ether oxygens (including phenoxy) is 1. The molecule has 25 heavy (non-hydrogen) atoms. The molecule has 6 heteroatoms. The van der Waals surface area contributed by atoms with Crippen LogP contribution >= 0.6 is 11.8 Å². The van der Waals surface area contributed by atoms with Crippen molar-refractivity contribution < 1.29 is 17.9 Å². The van der Waals surface area contributed by atoms with E-state index in [-0.39, 0.29) is 22.2 Å².